The van der Waals surface area contributed by atoms with E-state index in [1.807, 2.05) is 0 Å². The van der Waals surface area contributed by atoms with Crippen molar-refractivity contribution in [1.82, 2.24) is 4.90 Å². The monoisotopic (exact) mass is 507 g/mol. The standard InChI is InChI=1S/C24H24BrF2NO4/c25-20-6-1-5-19(16-20)24(26,27)13-2-7-21-12-15-32-23(31)28(21)14-3-4-17-8-10-18(11-9-17)22(29)30/h1-2,5-11,16,21H,3-4,12-15H2,(H,29,30)/b7-2+/t21-/m0/s1. The number of hydrogen-bond donors (Lipinski definition) is 1. The molecular formula is C24H24BrF2NO4. The topological polar surface area (TPSA) is 66.8 Å². The number of ether oxygens (including phenoxy) is 1. The minimum Gasteiger partial charge on any atom is -0.478 e. The van der Waals surface area contributed by atoms with E-state index in [0.29, 0.717) is 30.3 Å². The van der Waals surface area contributed by atoms with E-state index in [4.69, 9.17) is 9.84 Å². The molecule has 0 aliphatic carbocycles. The summed E-state index contributed by atoms with van der Waals surface area (Å²) in [4.78, 5) is 24.7. The van der Waals surface area contributed by atoms with Gasteiger partial charge in [-0.25, -0.2) is 18.4 Å². The van der Waals surface area contributed by atoms with E-state index >= 15 is 0 Å². The predicted octanol–water partition coefficient (Wildman–Crippen LogP) is 6.03. The van der Waals surface area contributed by atoms with Gasteiger partial charge in [0.25, 0.3) is 5.92 Å². The third kappa shape index (κ3) is 6.38. The van der Waals surface area contributed by atoms with E-state index in [9.17, 15) is 18.4 Å². The fourth-order valence-electron chi connectivity index (χ4n) is 3.57. The third-order valence-electron chi connectivity index (χ3n) is 5.32. The van der Waals surface area contributed by atoms with Crippen LogP contribution in [0.1, 0.15) is 40.7 Å². The van der Waals surface area contributed by atoms with Crippen LogP contribution in [0.3, 0.4) is 0 Å². The Hall–Kier alpha value is -2.74. The average Bonchev–Trinajstić information content (AvgIpc) is 2.76. The molecule has 8 heteroatoms. The first-order valence-electron chi connectivity index (χ1n) is 10.3. The molecule has 0 aromatic heterocycles. The van der Waals surface area contributed by atoms with Crippen molar-refractivity contribution in [2.45, 2.75) is 37.6 Å². The van der Waals surface area contributed by atoms with Crippen molar-refractivity contribution in [3.05, 3.63) is 81.8 Å². The van der Waals surface area contributed by atoms with Gasteiger partial charge >= 0.3 is 12.1 Å². The molecule has 2 aromatic carbocycles. The number of cyclic esters (lactones) is 1. The lowest BCUT2D eigenvalue weighted by Crippen LogP contribution is -2.45. The summed E-state index contributed by atoms with van der Waals surface area (Å²) in [6.45, 7) is 0.666. The number of hydrogen-bond acceptors (Lipinski definition) is 3. The van der Waals surface area contributed by atoms with Crippen molar-refractivity contribution in [2.75, 3.05) is 13.2 Å². The van der Waals surface area contributed by atoms with Crippen LogP contribution in [0.2, 0.25) is 0 Å². The van der Waals surface area contributed by atoms with Gasteiger partial charge in [0, 0.05) is 29.4 Å². The first-order valence-corrected chi connectivity index (χ1v) is 11.1. The molecule has 1 heterocycles. The Balaban J connectivity index is 1.57. The molecule has 2 aromatic rings. The number of rotatable bonds is 9. The van der Waals surface area contributed by atoms with Gasteiger partial charge in [-0.15, -0.1) is 0 Å². The molecule has 32 heavy (non-hydrogen) atoms. The molecule has 3 rings (SSSR count). The molecule has 0 bridgehead atoms. The van der Waals surface area contributed by atoms with E-state index in [1.165, 1.54) is 18.2 Å². The van der Waals surface area contributed by atoms with Crippen LogP contribution in [0.15, 0.2) is 65.2 Å². The number of aryl methyl sites for hydroxylation is 1. The number of carbonyl (C=O) groups excluding carboxylic acids is 1. The van der Waals surface area contributed by atoms with E-state index in [1.54, 1.807) is 47.4 Å². The number of carbonyl (C=O) groups is 2. The summed E-state index contributed by atoms with van der Waals surface area (Å²) in [5.41, 5.74) is 1.12. The molecule has 1 atom stereocenters. The van der Waals surface area contributed by atoms with Gasteiger partial charge in [0.1, 0.15) is 0 Å². The molecule has 1 amide bonds. The van der Waals surface area contributed by atoms with Crippen molar-refractivity contribution in [1.29, 1.82) is 0 Å². The summed E-state index contributed by atoms with van der Waals surface area (Å²) in [5, 5.41) is 8.96. The second-order valence-electron chi connectivity index (χ2n) is 7.62. The highest BCUT2D eigenvalue weighted by Crippen LogP contribution is 2.33. The molecule has 1 aliphatic heterocycles. The Bertz CT molecular complexity index is 978. The molecule has 0 spiro atoms. The zero-order chi connectivity index (χ0) is 23.1. The van der Waals surface area contributed by atoms with Gasteiger partial charge in [-0.2, -0.15) is 0 Å². The molecule has 5 nitrogen and oxygen atoms in total. The minimum absolute atomic E-state index is 0.0645. The number of halogens is 3. The fraction of sp³-hybridized carbons (Fsp3) is 0.333. The number of allylic oxidation sites excluding steroid dienone is 1. The van der Waals surface area contributed by atoms with Crippen molar-refractivity contribution in [2.24, 2.45) is 0 Å². The molecule has 0 radical (unpaired) electrons. The Morgan fingerprint density at radius 3 is 2.69 bits per heavy atom. The lowest BCUT2D eigenvalue weighted by Gasteiger charge is -2.33. The Morgan fingerprint density at radius 2 is 2.00 bits per heavy atom. The largest absolute Gasteiger partial charge is 0.478 e. The van der Waals surface area contributed by atoms with Crippen LogP contribution in [0.25, 0.3) is 0 Å². The van der Waals surface area contributed by atoms with Crippen molar-refractivity contribution in [3.63, 3.8) is 0 Å². The number of aromatic carboxylic acids is 1. The minimum atomic E-state index is -3.01. The summed E-state index contributed by atoms with van der Waals surface area (Å²) in [7, 11) is 0. The lowest BCUT2D eigenvalue weighted by molar-refractivity contribution is -0.00127. The summed E-state index contributed by atoms with van der Waals surface area (Å²) in [6.07, 6.45) is 4.01. The highest BCUT2D eigenvalue weighted by Gasteiger charge is 2.31. The van der Waals surface area contributed by atoms with Gasteiger partial charge in [0.05, 0.1) is 18.2 Å². The number of amides is 1. The maximum Gasteiger partial charge on any atom is 0.410 e. The maximum absolute atomic E-state index is 14.5. The molecule has 0 saturated carbocycles. The number of benzene rings is 2. The quantitative estimate of drug-likeness (QED) is 0.420. The smallest absolute Gasteiger partial charge is 0.410 e. The first kappa shape index (κ1) is 23.9. The fourth-order valence-corrected chi connectivity index (χ4v) is 3.97. The maximum atomic E-state index is 14.5. The van der Waals surface area contributed by atoms with Gasteiger partial charge in [-0.1, -0.05) is 52.3 Å². The molecule has 1 N–H and O–H groups in total. The second kappa shape index (κ2) is 10.7. The second-order valence-corrected chi connectivity index (χ2v) is 8.53. The van der Waals surface area contributed by atoms with Crippen molar-refractivity contribution < 1.29 is 28.2 Å². The zero-order valence-corrected chi connectivity index (χ0v) is 18.9. The Labute approximate surface area is 193 Å². The van der Waals surface area contributed by atoms with Crippen molar-refractivity contribution >= 4 is 28.0 Å². The molecule has 1 aliphatic rings. The summed E-state index contributed by atoms with van der Waals surface area (Å²) in [5.74, 6) is -3.99. The van der Waals surface area contributed by atoms with Gasteiger partial charge < -0.3 is 14.7 Å². The van der Waals surface area contributed by atoms with Crippen LogP contribution >= 0.6 is 15.9 Å². The predicted molar refractivity (Wildman–Crippen MR) is 120 cm³/mol. The molecular weight excluding hydrogens is 484 g/mol. The van der Waals surface area contributed by atoms with Gasteiger partial charge in [-0.05, 0) is 42.7 Å². The van der Waals surface area contributed by atoms with Crippen LogP contribution < -0.4 is 0 Å². The molecule has 1 saturated heterocycles. The lowest BCUT2D eigenvalue weighted by atomic mass is 10.0. The molecule has 170 valence electrons. The van der Waals surface area contributed by atoms with Crippen LogP contribution in [0.5, 0.6) is 0 Å². The normalized spacial score (nSPS) is 16.9. The van der Waals surface area contributed by atoms with Crippen LogP contribution in [-0.4, -0.2) is 41.3 Å². The number of nitrogens with zero attached hydrogens (tertiary/aromatic N) is 1. The molecule has 0 unspecified atom stereocenters. The van der Waals surface area contributed by atoms with Crippen LogP contribution in [0, 0.1) is 0 Å². The van der Waals surface area contributed by atoms with Gasteiger partial charge in [0.15, 0.2) is 0 Å². The first-order chi connectivity index (χ1) is 15.3. The van der Waals surface area contributed by atoms with E-state index in [2.05, 4.69) is 15.9 Å². The third-order valence-corrected chi connectivity index (χ3v) is 5.81. The number of alkyl halides is 2. The number of carboxylic acid groups (broad SMARTS) is 1. The summed E-state index contributed by atoms with van der Waals surface area (Å²) >= 11 is 3.21. The van der Waals surface area contributed by atoms with E-state index in [-0.39, 0.29) is 23.8 Å². The Kier molecular flexibility index (Phi) is 8.01. The zero-order valence-electron chi connectivity index (χ0n) is 17.3. The van der Waals surface area contributed by atoms with Crippen LogP contribution in [-0.2, 0) is 17.1 Å². The highest BCUT2D eigenvalue weighted by molar-refractivity contribution is 9.10. The van der Waals surface area contributed by atoms with Gasteiger partial charge in [0.2, 0.25) is 0 Å². The Morgan fingerprint density at radius 1 is 1.25 bits per heavy atom. The summed E-state index contributed by atoms with van der Waals surface area (Å²) in [6, 6.07) is 12.4. The number of carboxylic acids is 1. The van der Waals surface area contributed by atoms with Gasteiger partial charge in [-0.3, -0.25) is 0 Å². The van der Waals surface area contributed by atoms with E-state index in [0.717, 1.165) is 5.56 Å². The molecule has 1 fully saturated rings. The highest BCUT2D eigenvalue weighted by atomic mass is 79.9. The van der Waals surface area contributed by atoms with Crippen LogP contribution in [0.4, 0.5) is 13.6 Å². The summed E-state index contributed by atoms with van der Waals surface area (Å²) < 4.78 is 34.8. The van der Waals surface area contributed by atoms with E-state index < -0.39 is 24.4 Å². The SMILES string of the molecule is O=C(O)c1ccc(CCCN2C(=O)OCC[C@@H]2/C=C/CC(F)(F)c2cccc(Br)c2)cc1. The van der Waals surface area contributed by atoms with Crippen molar-refractivity contribution in [3.8, 4) is 0 Å². The average molecular weight is 508 g/mol.